The summed E-state index contributed by atoms with van der Waals surface area (Å²) in [5, 5.41) is 4.02. The first-order valence-electron chi connectivity index (χ1n) is 9.15. The minimum atomic E-state index is -4.41. The van der Waals surface area contributed by atoms with E-state index >= 15 is 0 Å². The number of carbonyl (C=O) groups is 1. The van der Waals surface area contributed by atoms with Gasteiger partial charge in [0.15, 0.2) is 5.82 Å². The Morgan fingerprint density at radius 2 is 1.97 bits per heavy atom. The lowest BCUT2D eigenvalue weighted by Gasteiger charge is -2.17. The number of nitrogens with zero attached hydrogens (tertiary/aromatic N) is 3. The number of aryl methyl sites for hydroxylation is 1. The van der Waals surface area contributed by atoms with Crippen LogP contribution < -0.4 is 0 Å². The number of likely N-dealkylation sites (tertiary alicyclic amines) is 1. The van der Waals surface area contributed by atoms with Crippen molar-refractivity contribution in [3.8, 4) is 11.5 Å². The zero-order valence-corrected chi connectivity index (χ0v) is 15.6. The maximum absolute atomic E-state index is 12.9. The monoisotopic (exact) mass is 401 g/mol. The summed E-state index contributed by atoms with van der Waals surface area (Å²) >= 11 is 0. The van der Waals surface area contributed by atoms with Crippen LogP contribution in [-0.4, -0.2) is 27.5 Å². The molecule has 5 nitrogen and oxygen atoms in total. The highest BCUT2D eigenvalue weighted by Crippen LogP contribution is 2.32. The minimum absolute atomic E-state index is 0.113. The van der Waals surface area contributed by atoms with Crippen molar-refractivity contribution >= 4 is 5.91 Å². The highest BCUT2D eigenvalue weighted by Gasteiger charge is 2.35. The van der Waals surface area contributed by atoms with Crippen LogP contribution in [0.1, 0.15) is 34.9 Å². The van der Waals surface area contributed by atoms with Crippen LogP contribution in [0.3, 0.4) is 0 Å². The molecule has 2 aromatic carbocycles. The van der Waals surface area contributed by atoms with Crippen molar-refractivity contribution in [2.24, 2.45) is 0 Å². The van der Waals surface area contributed by atoms with Gasteiger partial charge in [0.2, 0.25) is 5.91 Å². The molecule has 1 saturated heterocycles. The van der Waals surface area contributed by atoms with E-state index in [9.17, 15) is 18.0 Å². The summed E-state index contributed by atoms with van der Waals surface area (Å²) in [5.74, 6) is 0.425. The van der Waals surface area contributed by atoms with Crippen molar-refractivity contribution in [3.05, 3.63) is 71.0 Å². The lowest BCUT2D eigenvalue weighted by molar-refractivity contribution is -0.137. The maximum Gasteiger partial charge on any atom is 0.416 e. The van der Waals surface area contributed by atoms with E-state index in [2.05, 4.69) is 10.1 Å². The number of carbonyl (C=O) groups excluding carboxylic acids is 1. The molecule has 0 radical (unpaired) electrons. The summed E-state index contributed by atoms with van der Waals surface area (Å²) in [6, 6.07) is 12.6. The van der Waals surface area contributed by atoms with Gasteiger partial charge in [-0.15, -0.1) is 0 Å². The third-order valence-corrected chi connectivity index (χ3v) is 5.02. The van der Waals surface area contributed by atoms with Crippen molar-refractivity contribution in [1.82, 2.24) is 15.0 Å². The van der Waals surface area contributed by atoms with E-state index in [1.807, 2.05) is 31.2 Å². The molecule has 1 aliphatic rings. The largest absolute Gasteiger partial charge is 0.416 e. The Balaban J connectivity index is 1.48. The molecule has 4 rings (SSSR count). The van der Waals surface area contributed by atoms with Gasteiger partial charge in [-0.2, -0.15) is 18.2 Å². The van der Waals surface area contributed by atoms with Crippen LogP contribution in [0.25, 0.3) is 11.5 Å². The molecule has 2 heterocycles. The molecule has 1 amide bonds. The maximum atomic E-state index is 12.9. The molecule has 3 aromatic rings. The van der Waals surface area contributed by atoms with Crippen LogP contribution in [0.15, 0.2) is 53.1 Å². The molecule has 1 aliphatic heterocycles. The van der Waals surface area contributed by atoms with Crippen molar-refractivity contribution in [2.45, 2.75) is 32.0 Å². The van der Waals surface area contributed by atoms with Gasteiger partial charge < -0.3 is 9.42 Å². The average molecular weight is 401 g/mol. The zero-order chi connectivity index (χ0) is 20.6. The Morgan fingerprint density at radius 3 is 2.72 bits per heavy atom. The van der Waals surface area contributed by atoms with Gasteiger partial charge in [-0.05, 0) is 36.2 Å². The Kier molecular flexibility index (Phi) is 4.86. The molecule has 8 heteroatoms. The summed E-state index contributed by atoms with van der Waals surface area (Å²) in [4.78, 5) is 18.4. The van der Waals surface area contributed by atoms with Crippen molar-refractivity contribution in [3.63, 3.8) is 0 Å². The Bertz CT molecular complexity index is 1050. The molecule has 0 saturated carbocycles. The Labute approximate surface area is 165 Å². The number of hydrogen-bond donors (Lipinski definition) is 0. The van der Waals surface area contributed by atoms with Gasteiger partial charge in [-0.25, -0.2) is 0 Å². The fraction of sp³-hybridized carbons (Fsp3) is 0.286. The first kappa shape index (κ1) is 19.2. The third kappa shape index (κ3) is 4.01. The predicted octanol–water partition coefficient (Wildman–Crippen LogP) is 4.58. The van der Waals surface area contributed by atoms with E-state index in [0.717, 1.165) is 23.3 Å². The van der Waals surface area contributed by atoms with Crippen molar-refractivity contribution < 1.29 is 22.5 Å². The van der Waals surface area contributed by atoms with E-state index in [1.54, 1.807) is 6.07 Å². The number of hydrogen-bond acceptors (Lipinski definition) is 4. The molecular formula is C21H18F3N3O2. The van der Waals surface area contributed by atoms with Gasteiger partial charge >= 0.3 is 6.18 Å². The number of amides is 1. The summed E-state index contributed by atoms with van der Waals surface area (Å²) in [6.07, 6.45) is -4.21. The topological polar surface area (TPSA) is 59.2 Å². The first-order valence-corrected chi connectivity index (χ1v) is 9.15. The van der Waals surface area contributed by atoms with E-state index < -0.39 is 11.7 Å². The molecule has 1 atom stereocenters. The highest BCUT2D eigenvalue weighted by atomic mass is 19.4. The molecule has 1 fully saturated rings. The second kappa shape index (κ2) is 7.35. The standard InChI is InChI=1S/C21H18F3N3O2/c1-13-5-2-3-8-17(13)20-25-19(26-29-20)15-10-18(28)27(12-15)11-14-6-4-7-16(9-14)21(22,23)24/h2-9,15H,10-12H2,1H3. The van der Waals surface area contributed by atoms with Crippen LogP contribution >= 0.6 is 0 Å². The molecule has 1 aromatic heterocycles. The van der Waals surface area contributed by atoms with E-state index in [-0.39, 0.29) is 24.8 Å². The van der Waals surface area contributed by atoms with E-state index in [4.69, 9.17) is 4.52 Å². The summed E-state index contributed by atoms with van der Waals surface area (Å²) in [5.41, 5.74) is 1.54. The second-order valence-corrected chi connectivity index (χ2v) is 7.15. The van der Waals surface area contributed by atoms with Crippen molar-refractivity contribution in [2.75, 3.05) is 6.54 Å². The van der Waals surface area contributed by atoms with Gasteiger partial charge in [0.1, 0.15) is 0 Å². The molecule has 29 heavy (non-hydrogen) atoms. The van der Waals surface area contributed by atoms with Crippen LogP contribution in [0.2, 0.25) is 0 Å². The van der Waals surface area contributed by atoms with E-state index in [1.165, 1.54) is 11.0 Å². The predicted molar refractivity (Wildman–Crippen MR) is 98.7 cm³/mol. The van der Waals surface area contributed by atoms with Crippen LogP contribution in [0.5, 0.6) is 0 Å². The molecular weight excluding hydrogens is 383 g/mol. The number of aromatic nitrogens is 2. The molecule has 0 aliphatic carbocycles. The van der Waals surface area contributed by atoms with E-state index in [0.29, 0.717) is 23.8 Å². The van der Waals surface area contributed by atoms with Crippen LogP contribution in [0, 0.1) is 6.92 Å². The molecule has 0 bridgehead atoms. The minimum Gasteiger partial charge on any atom is -0.338 e. The molecule has 1 unspecified atom stereocenters. The van der Waals surface area contributed by atoms with Crippen LogP contribution in [-0.2, 0) is 17.5 Å². The third-order valence-electron chi connectivity index (χ3n) is 5.02. The number of alkyl halides is 3. The normalized spacial score (nSPS) is 17.2. The van der Waals surface area contributed by atoms with Gasteiger partial charge in [-0.1, -0.05) is 35.5 Å². The first-order chi connectivity index (χ1) is 13.8. The molecule has 0 N–H and O–H groups in total. The SMILES string of the molecule is Cc1ccccc1-c1nc(C2CC(=O)N(Cc3cccc(C(F)(F)F)c3)C2)no1. The summed E-state index contributed by atoms with van der Waals surface area (Å²) in [7, 11) is 0. The highest BCUT2D eigenvalue weighted by molar-refractivity contribution is 5.79. The number of rotatable bonds is 4. The fourth-order valence-corrected chi connectivity index (χ4v) is 3.49. The van der Waals surface area contributed by atoms with Gasteiger partial charge in [0.05, 0.1) is 5.56 Å². The zero-order valence-electron chi connectivity index (χ0n) is 15.6. The Hall–Kier alpha value is -3.16. The quantitative estimate of drug-likeness (QED) is 0.642. The second-order valence-electron chi connectivity index (χ2n) is 7.15. The average Bonchev–Trinajstić information content (AvgIpc) is 3.29. The van der Waals surface area contributed by atoms with Gasteiger partial charge in [-0.3, -0.25) is 4.79 Å². The van der Waals surface area contributed by atoms with Gasteiger partial charge in [0, 0.05) is 31.0 Å². The Morgan fingerprint density at radius 1 is 1.17 bits per heavy atom. The summed E-state index contributed by atoms with van der Waals surface area (Å²) < 4.78 is 44.1. The smallest absolute Gasteiger partial charge is 0.338 e. The number of benzene rings is 2. The molecule has 150 valence electrons. The van der Waals surface area contributed by atoms with Crippen molar-refractivity contribution in [1.29, 1.82) is 0 Å². The fourth-order valence-electron chi connectivity index (χ4n) is 3.49. The number of halogens is 3. The van der Waals surface area contributed by atoms with Crippen LogP contribution in [0.4, 0.5) is 13.2 Å². The van der Waals surface area contributed by atoms with Gasteiger partial charge in [0.25, 0.3) is 5.89 Å². The molecule has 0 spiro atoms. The summed E-state index contributed by atoms with van der Waals surface area (Å²) in [6.45, 7) is 2.39. The lowest BCUT2D eigenvalue weighted by Crippen LogP contribution is -2.24. The lowest BCUT2D eigenvalue weighted by atomic mass is 10.1.